The highest BCUT2D eigenvalue weighted by Crippen LogP contribution is 2.30. The maximum absolute atomic E-state index is 11.3. The predicted octanol–water partition coefficient (Wildman–Crippen LogP) is 7.13. The summed E-state index contributed by atoms with van der Waals surface area (Å²) < 4.78 is 11.0. The maximum atomic E-state index is 11.3. The molecular formula is C30H31NO4. The molecule has 5 heteroatoms. The second kappa shape index (κ2) is 10.2. The number of carboxylic acid groups (broad SMARTS) is 1. The van der Waals surface area contributed by atoms with Crippen molar-refractivity contribution in [2.45, 2.75) is 52.1 Å². The zero-order valence-electron chi connectivity index (χ0n) is 20.6. The van der Waals surface area contributed by atoms with Crippen LogP contribution in [-0.2, 0) is 16.8 Å². The third-order valence-electron chi connectivity index (χ3n) is 6.25. The van der Waals surface area contributed by atoms with E-state index < -0.39 is 5.97 Å². The summed E-state index contributed by atoms with van der Waals surface area (Å²) in [4.78, 5) is 11.3. The third kappa shape index (κ3) is 5.99. The second-order valence-corrected chi connectivity index (χ2v) is 9.91. The first-order valence-electron chi connectivity index (χ1n) is 11.8. The van der Waals surface area contributed by atoms with Gasteiger partial charge in [-0.25, -0.2) is 0 Å². The minimum absolute atomic E-state index is 0.0599. The molecule has 4 aromatic rings. The van der Waals surface area contributed by atoms with Crippen molar-refractivity contribution in [3.63, 3.8) is 0 Å². The van der Waals surface area contributed by atoms with Crippen LogP contribution in [0.1, 0.15) is 61.1 Å². The van der Waals surface area contributed by atoms with Crippen molar-refractivity contribution in [2.24, 2.45) is 0 Å². The Morgan fingerprint density at radius 3 is 2.31 bits per heavy atom. The molecule has 4 rings (SSSR count). The Bertz CT molecular complexity index is 1270. The fourth-order valence-electron chi connectivity index (χ4n) is 4.15. The molecule has 0 saturated carbocycles. The minimum Gasteiger partial charge on any atom is -0.489 e. The van der Waals surface area contributed by atoms with Gasteiger partial charge in [-0.2, -0.15) is 0 Å². The summed E-state index contributed by atoms with van der Waals surface area (Å²) in [5.41, 5.74) is 7.59. The Hall–Kier alpha value is -3.86. The number of rotatable bonds is 8. The van der Waals surface area contributed by atoms with E-state index in [2.05, 4.69) is 75.3 Å². The van der Waals surface area contributed by atoms with E-state index in [4.69, 9.17) is 9.26 Å². The maximum Gasteiger partial charge on any atom is 0.304 e. The van der Waals surface area contributed by atoms with Crippen molar-refractivity contribution in [1.29, 1.82) is 0 Å². The zero-order valence-corrected chi connectivity index (χ0v) is 20.6. The molecule has 0 saturated heterocycles. The van der Waals surface area contributed by atoms with Gasteiger partial charge in [0.25, 0.3) is 0 Å². The van der Waals surface area contributed by atoms with E-state index >= 15 is 0 Å². The summed E-state index contributed by atoms with van der Waals surface area (Å²) in [6.07, 6.45) is 1.39. The predicted molar refractivity (Wildman–Crippen MR) is 137 cm³/mol. The van der Waals surface area contributed by atoms with Crippen molar-refractivity contribution >= 4 is 5.97 Å². The Morgan fingerprint density at radius 1 is 1.00 bits per heavy atom. The van der Waals surface area contributed by atoms with Crippen molar-refractivity contribution in [1.82, 2.24) is 5.16 Å². The fourth-order valence-corrected chi connectivity index (χ4v) is 4.15. The van der Waals surface area contributed by atoms with Gasteiger partial charge in [0.15, 0.2) is 0 Å². The highest BCUT2D eigenvalue weighted by atomic mass is 16.5. The molecule has 0 unspecified atom stereocenters. The molecule has 0 aliphatic carbocycles. The monoisotopic (exact) mass is 469 g/mol. The number of benzene rings is 3. The van der Waals surface area contributed by atoms with Gasteiger partial charge in [-0.1, -0.05) is 74.5 Å². The van der Waals surface area contributed by atoms with Gasteiger partial charge in [-0.3, -0.25) is 4.79 Å². The van der Waals surface area contributed by atoms with Crippen LogP contribution in [0.25, 0.3) is 11.1 Å². The number of ether oxygens (including phenoxy) is 1. The Labute approximate surface area is 206 Å². The number of hydrogen-bond donors (Lipinski definition) is 1. The lowest BCUT2D eigenvalue weighted by atomic mass is 9.86. The van der Waals surface area contributed by atoms with Gasteiger partial charge in [0, 0.05) is 12.0 Å². The van der Waals surface area contributed by atoms with Crippen LogP contribution < -0.4 is 4.74 Å². The Kier molecular flexibility index (Phi) is 7.06. The van der Waals surface area contributed by atoms with Gasteiger partial charge < -0.3 is 14.4 Å². The molecule has 35 heavy (non-hydrogen) atoms. The Morgan fingerprint density at radius 2 is 1.71 bits per heavy atom. The lowest BCUT2D eigenvalue weighted by molar-refractivity contribution is -0.137. The molecular weight excluding hydrogens is 438 g/mol. The summed E-state index contributed by atoms with van der Waals surface area (Å²) in [7, 11) is 0. The number of aromatic nitrogens is 1. The van der Waals surface area contributed by atoms with Crippen LogP contribution in [0.4, 0.5) is 0 Å². The van der Waals surface area contributed by atoms with Gasteiger partial charge >= 0.3 is 5.97 Å². The first kappa shape index (κ1) is 24.3. The number of aliphatic carboxylic acids is 1. The highest BCUT2D eigenvalue weighted by Gasteiger charge is 2.20. The molecule has 0 fully saturated rings. The quantitative estimate of drug-likeness (QED) is 0.297. The molecule has 3 aromatic carbocycles. The van der Waals surface area contributed by atoms with E-state index in [9.17, 15) is 9.90 Å². The Balaban J connectivity index is 1.47. The lowest BCUT2D eigenvalue weighted by Gasteiger charge is -2.19. The fraction of sp³-hybridized carbons (Fsp3) is 0.267. The summed E-state index contributed by atoms with van der Waals surface area (Å²) in [6, 6.07) is 24.4. The molecule has 1 aromatic heterocycles. The van der Waals surface area contributed by atoms with Crippen LogP contribution >= 0.6 is 0 Å². The average molecular weight is 470 g/mol. The molecule has 1 N–H and O–H groups in total. The SMILES string of the molecule is Cc1ccc(COc2ccc([C@H](CC(=O)O)c3ccon3)cc2)cc1-c1ccc(C(C)(C)C)cc1. The van der Waals surface area contributed by atoms with Gasteiger partial charge in [-0.15, -0.1) is 0 Å². The largest absolute Gasteiger partial charge is 0.489 e. The van der Waals surface area contributed by atoms with E-state index in [-0.39, 0.29) is 17.8 Å². The van der Waals surface area contributed by atoms with Crippen LogP contribution in [-0.4, -0.2) is 16.2 Å². The molecule has 0 aliphatic rings. The van der Waals surface area contributed by atoms with Gasteiger partial charge in [0.1, 0.15) is 18.6 Å². The zero-order chi connectivity index (χ0) is 25.0. The summed E-state index contributed by atoms with van der Waals surface area (Å²) >= 11 is 0. The van der Waals surface area contributed by atoms with Gasteiger partial charge in [0.05, 0.1) is 12.1 Å². The number of carbonyl (C=O) groups is 1. The average Bonchev–Trinajstić information content (AvgIpc) is 3.37. The number of nitrogens with zero attached hydrogens (tertiary/aromatic N) is 1. The normalized spacial score (nSPS) is 12.3. The van der Waals surface area contributed by atoms with Gasteiger partial charge in [0.2, 0.25) is 0 Å². The van der Waals surface area contributed by atoms with E-state index in [1.165, 1.54) is 28.5 Å². The molecule has 0 aliphatic heterocycles. The first-order chi connectivity index (χ1) is 16.7. The third-order valence-corrected chi connectivity index (χ3v) is 6.25. The molecule has 180 valence electrons. The molecule has 5 nitrogen and oxygen atoms in total. The summed E-state index contributed by atoms with van der Waals surface area (Å²) in [5.74, 6) is -0.536. The van der Waals surface area contributed by atoms with E-state index in [1.54, 1.807) is 6.07 Å². The van der Waals surface area contributed by atoms with Crippen LogP contribution in [0.2, 0.25) is 0 Å². The minimum atomic E-state index is -0.887. The first-order valence-corrected chi connectivity index (χ1v) is 11.8. The van der Waals surface area contributed by atoms with Crippen LogP contribution in [0.5, 0.6) is 5.75 Å². The number of hydrogen-bond acceptors (Lipinski definition) is 4. The van der Waals surface area contributed by atoms with Crippen molar-refractivity contribution in [3.8, 4) is 16.9 Å². The molecule has 1 heterocycles. The topological polar surface area (TPSA) is 72.6 Å². The standard InChI is InChI=1S/C30H31NO4/c1-20-5-6-21(17-26(20)22-7-11-24(12-8-22)30(2,3)4)19-34-25-13-9-23(10-14-25)27(18-29(32)33)28-15-16-35-31-28/h5-17,27H,18-19H2,1-4H3,(H,32,33)/t27-/m0/s1. The van der Waals surface area contributed by atoms with Crippen LogP contribution in [0, 0.1) is 6.92 Å². The van der Waals surface area contributed by atoms with E-state index in [0.717, 1.165) is 16.9 Å². The number of aryl methyl sites for hydroxylation is 1. The number of carboxylic acids is 1. The van der Waals surface area contributed by atoms with E-state index in [1.807, 2.05) is 24.3 Å². The van der Waals surface area contributed by atoms with Crippen LogP contribution in [0.3, 0.4) is 0 Å². The highest BCUT2D eigenvalue weighted by molar-refractivity contribution is 5.69. The van der Waals surface area contributed by atoms with Crippen molar-refractivity contribution in [3.05, 3.63) is 107 Å². The smallest absolute Gasteiger partial charge is 0.304 e. The molecule has 0 radical (unpaired) electrons. The molecule has 0 bridgehead atoms. The van der Waals surface area contributed by atoms with Crippen molar-refractivity contribution < 1.29 is 19.2 Å². The van der Waals surface area contributed by atoms with Gasteiger partial charge in [-0.05, 0) is 63.9 Å². The lowest BCUT2D eigenvalue weighted by Crippen LogP contribution is -2.10. The second-order valence-electron chi connectivity index (χ2n) is 9.91. The van der Waals surface area contributed by atoms with Crippen LogP contribution in [0.15, 0.2) is 83.6 Å². The summed E-state index contributed by atoms with van der Waals surface area (Å²) in [5, 5.41) is 13.2. The molecule has 1 atom stereocenters. The molecule has 0 amide bonds. The van der Waals surface area contributed by atoms with Crippen molar-refractivity contribution in [2.75, 3.05) is 0 Å². The molecule has 0 spiro atoms. The van der Waals surface area contributed by atoms with E-state index in [0.29, 0.717) is 12.3 Å². The summed E-state index contributed by atoms with van der Waals surface area (Å²) in [6.45, 7) is 9.22.